The first-order valence-corrected chi connectivity index (χ1v) is 4.27. The van der Waals surface area contributed by atoms with E-state index in [9.17, 15) is 0 Å². The third-order valence-electron chi connectivity index (χ3n) is 2.11. The average Bonchev–Trinajstić information content (AvgIpc) is 2.04. The van der Waals surface area contributed by atoms with Gasteiger partial charge in [-0.15, -0.1) is 0 Å². The van der Waals surface area contributed by atoms with Crippen molar-refractivity contribution in [1.29, 1.82) is 0 Å². The molecule has 0 amide bonds. The minimum Gasteiger partial charge on any atom is -0.249 e. The van der Waals surface area contributed by atoms with Crippen LogP contribution in [0.3, 0.4) is 0 Å². The van der Waals surface area contributed by atoms with Gasteiger partial charge in [0, 0.05) is 13.1 Å². The van der Waals surface area contributed by atoms with Gasteiger partial charge in [-0.25, -0.2) is 4.31 Å². The van der Waals surface area contributed by atoms with E-state index >= 15 is 0 Å². The Morgan fingerprint density at radius 2 is 1.91 bits per heavy atom. The molecule has 1 aliphatic heterocycles. The normalized spacial score (nSPS) is 17.9. The van der Waals surface area contributed by atoms with Crippen LogP contribution in [0, 0.1) is 0 Å². The lowest BCUT2D eigenvalue weighted by Gasteiger charge is -2.23. The van der Waals surface area contributed by atoms with Crippen molar-refractivity contribution in [3.63, 3.8) is 0 Å². The zero-order valence-corrected chi connectivity index (χ0v) is 7.22. The highest BCUT2D eigenvalue weighted by Gasteiger charge is 2.11. The van der Waals surface area contributed by atoms with Gasteiger partial charge < -0.3 is 0 Å². The Balaban J connectivity index is 2.34. The van der Waals surface area contributed by atoms with Crippen molar-refractivity contribution >= 4 is 12.8 Å². The molecule has 2 heteroatoms. The highest BCUT2D eigenvalue weighted by atomic mass is 32.1. The fraction of sp³-hybridized carbons (Fsp3) is 0.333. The highest BCUT2D eigenvalue weighted by Crippen LogP contribution is 2.18. The zero-order valence-electron chi connectivity index (χ0n) is 6.33. The predicted octanol–water partition coefficient (Wildman–Crippen LogP) is 1.89. The predicted molar refractivity (Wildman–Crippen MR) is 49.5 cm³/mol. The first kappa shape index (κ1) is 7.19. The van der Waals surface area contributed by atoms with Crippen molar-refractivity contribution in [2.24, 2.45) is 0 Å². The molecule has 1 heterocycles. The fourth-order valence-electron chi connectivity index (χ4n) is 1.48. The summed E-state index contributed by atoms with van der Waals surface area (Å²) in [6.07, 6.45) is 1.14. The first-order valence-electron chi connectivity index (χ1n) is 3.87. The second kappa shape index (κ2) is 2.88. The summed E-state index contributed by atoms with van der Waals surface area (Å²) in [5.41, 5.74) is 2.91. The van der Waals surface area contributed by atoms with Crippen molar-refractivity contribution in [3.8, 4) is 0 Å². The molecular formula is C9H11NS. The number of thiol groups is 1. The Morgan fingerprint density at radius 1 is 1.18 bits per heavy atom. The molecule has 58 valence electrons. The van der Waals surface area contributed by atoms with Crippen LogP contribution >= 0.6 is 12.8 Å². The van der Waals surface area contributed by atoms with E-state index < -0.39 is 0 Å². The standard InChI is InChI=1S/C9H11NS/c11-10-6-5-8-3-1-2-4-9(8)7-10/h1-4,11H,5-7H2. The molecule has 1 nitrogen and oxygen atoms in total. The Morgan fingerprint density at radius 3 is 2.73 bits per heavy atom. The van der Waals surface area contributed by atoms with E-state index in [0.717, 1.165) is 19.5 Å². The molecule has 0 spiro atoms. The van der Waals surface area contributed by atoms with Crippen molar-refractivity contribution < 1.29 is 0 Å². The summed E-state index contributed by atoms with van der Waals surface area (Å²) in [4.78, 5) is 0. The molecule has 0 aliphatic carbocycles. The monoisotopic (exact) mass is 165 g/mol. The number of hydrogen-bond acceptors (Lipinski definition) is 2. The van der Waals surface area contributed by atoms with Crippen molar-refractivity contribution in [3.05, 3.63) is 35.4 Å². The number of rotatable bonds is 0. The third-order valence-corrected chi connectivity index (χ3v) is 2.45. The molecule has 0 fully saturated rings. The number of fused-ring (bicyclic) bond motifs is 1. The van der Waals surface area contributed by atoms with Crippen LogP contribution in [0.2, 0.25) is 0 Å². The Kier molecular flexibility index (Phi) is 1.88. The summed E-state index contributed by atoms with van der Waals surface area (Å²) in [6, 6.07) is 8.58. The molecular weight excluding hydrogens is 154 g/mol. The molecule has 1 aromatic carbocycles. The Bertz CT molecular complexity index is 259. The van der Waals surface area contributed by atoms with E-state index in [4.69, 9.17) is 0 Å². The van der Waals surface area contributed by atoms with E-state index in [2.05, 4.69) is 41.4 Å². The van der Waals surface area contributed by atoms with Crippen LogP contribution in [0.5, 0.6) is 0 Å². The molecule has 0 aromatic heterocycles. The Labute approximate surface area is 72.6 Å². The SMILES string of the molecule is SN1CCc2ccccc2C1. The molecule has 0 saturated heterocycles. The lowest BCUT2D eigenvalue weighted by molar-refractivity contribution is 0.450. The Hall–Kier alpha value is -0.470. The summed E-state index contributed by atoms with van der Waals surface area (Å²) in [6.45, 7) is 2.05. The van der Waals surface area contributed by atoms with E-state index in [0.29, 0.717) is 0 Å². The lowest BCUT2D eigenvalue weighted by Crippen LogP contribution is -2.21. The highest BCUT2D eigenvalue weighted by molar-refractivity contribution is 7.77. The summed E-state index contributed by atoms with van der Waals surface area (Å²) in [5, 5.41) is 0. The molecule has 1 aromatic rings. The molecule has 0 saturated carbocycles. The van der Waals surface area contributed by atoms with Crippen molar-refractivity contribution in [2.75, 3.05) is 6.54 Å². The van der Waals surface area contributed by atoms with Gasteiger partial charge in [0.05, 0.1) is 0 Å². The maximum Gasteiger partial charge on any atom is 0.0341 e. The second-order valence-corrected chi connectivity index (χ2v) is 3.47. The van der Waals surface area contributed by atoms with Crippen LogP contribution in [0.1, 0.15) is 11.1 Å². The molecule has 1 aliphatic rings. The van der Waals surface area contributed by atoms with Gasteiger partial charge in [-0.2, -0.15) is 0 Å². The number of hydrogen-bond donors (Lipinski definition) is 1. The molecule has 2 rings (SSSR count). The smallest absolute Gasteiger partial charge is 0.0341 e. The number of nitrogens with zero attached hydrogens (tertiary/aromatic N) is 1. The first-order chi connectivity index (χ1) is 5.36. The van der Waals surface area contributed by atoms with Gasteiger partial charge in [-0.1, -0.05) is 37.1 Å². The van der Waals surface area contributed by atoms with E-state index in [1.165, 1.54) is 11.1 Å². The largest absolute Gasteiger partial charge is 0.249 e. The minimum absolute atomic E-state index is 0.985. The lowest BCUT2D eigenvalue weighted by atomic mass is 10.0. The third kappa shape index (κ3) is 1.42. The summed E-state index contributed by atoms with van der Waals surface area (Å²) >= 11 is 4.32. The molecule has 0 bridgehead atoms. The second-order valence-electron chi connectivity index (χ2n) is 2.91. The summed E-state index contributed by atoms with van der Waals surface area (Å²) in [5.74, 6) is 0. The van der Waals surface area contributed by atoms with Gasteiger partial charge in [0.2, 0.25) is 0 Å². The van der Waals surface area contributed by atoms with E-state index in [-0.39, 0.29) is 0 Å². The molecule has 0 radical (unpaired) electrons. The zero-order chi connectivity index (χ0) is 7.68. The van der Waals surface area contributed by atoms with Gasteiger partial charge >= 0.3 is 0 Å². The minimum atomic E-state index is 0.985. The quantitative estimate of drug-likeness (QED) is 0.575. The number of benzene rings is 1. The maximum absolute atomic E-state index is 4.32. The van der Waals surface area contributed by atoms with Crippen LogP contribution in [-0.2, 0) is 13.0 Å². The van der Waals surface area contributed by atoms with E-state index in [1.807, 2.05) is 0 Å². The van der Waals surface area contributed by atoms with E-state index in [1.54, 1.807) is 0 Å². The van der Waals surface area contributed by atoms with Gasteiger partial charge in [0.15, 0.2) is 0 Å². The van der Waals surface area contributed by atoms with Gasteiger partial charge in [0.1, 0.15) is 0 Å². The molecule has 0 atom stereocenters. The van der Waals surface area contributed by atoms with Gasteiger partial charge in [0.25, 0.3) is 0 Å². The van der Waals surface area contributed by atoms with Crippen molar-refractivity contribution in [2.45, 2.75) is 13.0 Å². The fourth-order valence-corrected chi connectivity index (χ4v) is 1.73. The van der Waals surface area contributed by atoms with Gasteiger partial charge in [-0.05, 0) is 17.5 Å². The molecule has 11 heavy (non-hydrogen) atoms. The summed E-state index contributed by atoms with van der Waals surface area (Å²) < 4.78 is 2.06. The van der Waals surface area contributed by atoms with Crippen LogP contribution in [0.15, 0.2) is 24.3 Å². The molecule has 0 N–H and O–H groups in total. The van der Waals surface area contributed by atoms with Crippen LogP contribution in [0.4, 0.5) is 0 Å². The van der Waals surface area contributed by atoms with Gasteiger partial charge in [-0.3, -0.25) is 0 Å². The van der Waals surface area contributed by atoms with Crippen LogP contribution < -0.4 is 0 Å². The van der Waals surface area contributed by atoms with Crippen LogP contribution in [-0.4, -0.2) is 10.8 Å². The van der Waals surface area contributed by atoms with Crippen LogP contribution in [0.25, 0.3) is 0 Å². The average molecular weight is 165 g/mol. The molecule has 0 unspecified atom stereocenters. The maximum atomic E-state index is 4.32. The van der Waals surface area contributed by atoms with Crippen molar-refractivity contribution in [1.82, 2.24) is 4.31 Å². The summed E-state index contributed by atoms with van der Waals surface area (Å²) in [7, 11) is 0. The topological polar surface area (TPSA) is 3.24 Å².